The van der Waals surface area contributed by atoms with Crippen molar-refractivity contribution in [2.75, 3.05) is 11.3 Å². The number of rotatable bonds is 8. The van der Waals surface area contributed by atoms with Crippen LogP contribution in [-0.2, 0) is 16.4 Å². The van der Waals surface area contributed by atoms with Crippen LogP contribution in [0.1, 0.15) is 16.7 Å². The van der Waals surface area contributed by atoms with E-state index in [1.807, 2.05) is 37.3 Å². The number of nitrogens with zero attached hydrogens (tertiary/aromatic N) is 1. The van der Waals surface area contributed by atoms with Gasteiger partial charge in [-0.25, -0.2) is 8.42 Å². The third-order valence-electron chi connectivity index (χ3n) is 4.22. The third kappa shape index (κ3) is 5.83. The number of anilines is 1. The first-order valence-electron chi connectivity index (χ1n) is 9.11. The average Bonchev–Trinajstić information content (AvgIpc) is 2.69. The second-order valence-corrected chi connectivity index (χ2v) is 8.25. The summed E-state index contributed by atoms with van der Waals surface area (Å²) in [5.41, 5.74) is 3.43. The van der Waals surface area contributed by atoms with Gasteiger partial charge in [0.2, 0.25) is 0 Å². The van der Waals surface area contributed by atoms with Crippen molar-refractivity contribution in [2.45, 2.75) is 18.2 Å². The van der Waals surface area contributed by atoms with Gasteiger partial charge in [0.05, 0.1) is 23.4 Å². The van der Waals surface area contributed by atoms with Gasteiger partial charge in [0.25, 0.3) is 10.0 Å². The lowest BCUT2D eigenvalue weighted by Gasteiger charge is -2.12. The summed E-state index contributed by atoms with van der Waals surface area (Å²) in [7, 11) is -3.64. The van der Waals surface area contributed by atoms with Crippen LogP contribution in [0.25, 0.3) is 0 Å². The van der Waals surface area contributed by atoms with Crippen LogP contribution in [0.15, 0.2) is 82.8 Å². The Balaban J connectivity index is 1.64. The zero-order chi connectivity index (χ0) is 20.7. The molecule has 0 heterocycles. The van der Waals surface area contributed by atoms with Gasteiger partial charge in [-0.15, -0.1) is 0 Å². The van der Waals surface area contributed by atoms with Crippen LogP contribution in [-0.4, -0.2) is 21.2 Å². The van der Waals surface area contributed by atoms with E-state index in [-0.39, 0.29) is 4.90 Å². The molecule has 0 radical (unpaired) electrons. The number of hydrogen-bond acceptors (Lipinski definition) is 5. The van der Waals surface area contributed by atoms with Crippen molar-refractivity contribution < 1.29 is 13.2 Å². The van der Waals surface area contributed by atoms with Gasteiger partial charge in [0.15, 0.2) is 0 Å². The smallest absolute Gasteiger partial charge is 0.261 e. The highest BCUT2D eigenvalue weighted by Crippen LogP contribution is 2.23. The van der Waals surface area contributed by atoms with Crippen LogP contribution in [0.4, 0.5) is 5.69 Å². The molecule has 6 nitrogen and oxygen atoms in total. The van der Waals surface area contributed by atoms with Crippen molar-refractivity contribution in [1.29, 1.82) is 0 Å². The minimum absolute atomic E-state index is 0.215. The molecule has 0 unspecified atom stereocenters. The van der Waals surface area contributed by atoms with Crippen LogP contribution in [0.2, 0.25) is 0 Å². The number of ether oxygens (including phenoxy) is 1. The van der Waals surface area contributed by atoms with Gasteiger partial charge in [0.1, 0.15) is 5.75 Å². The Morgan fingerprint density at radius 3 is 2.45 bits per heavy atom. The Bertz CT molecular complexity index is 1080. The summed E-state index contributed by atoms with van der Waals surface area (Å²) in [6.45, 7) is 2.36. The summed E-state index contributed by atoms with van der Waals surface area (Å²) in [6, 6.07) is 21.5. The van der Waals surface area contributed by atoms with Crippen LogP contribution in [0.5, 0.6) is 5.75 Å². The van der Waals surface area contributed by atoms with Crippen molar-refractivity contribution >= 4 is 21.9 Å². The highest BCUT2D eigenvalue weighted by Gasteiger charge is 2.14. The number of hydrogen-bond donors (Lipinski definition) is 2. The van der Waals surface area contributed by atoms with Crippen molar-refractivity contribution in [1.82, 2.24) is 0 Å². The first kappa shape index (κ1) is 20.4. The molecule has 0 atom stereocenters. The van der Waals surface area contributed by atoms with Crippen molar-refractivity contribution in [3.63, 3.8) is 0 Å². The van der Waals surface area contributed by atoms with Gasteiger partial charge in [-0.3, -0.25) is 4.72 Å². The topological polar surface area (TPSA) is 93.8 Å². The van der Waals surface area contributed by atoms with Gasteiger partial charge < -0.3 is 10.6 Å². The van der Waals surface area contributed by atoms with Gasteiger partial charge >= 0.3 is 0 Å². The summed E-state index contributed by atoms with van der Waals surface area (Å²) >= 11 is 0. The molecule has 0 aliphatic carbocycles. The maximum absolute atomic E-state index is 12.5. The van der Waals surface area contributed by atoms with E-state index in [1.54, 1.807) is 48.7 Å². The number of hydrazone groups is 1. The second kappa shape index (κ2) is 9.25. The first-order chi connectivity index (χ1) is 14.0. The molecule has 0 aliphatic rings. The van der Waals surface area contributed by atoms with E-state index in [0.29, 0.717) is 18.0 Å². The van der Waals surface area contributed by atoms with Crippen molar-refractivity contribution in [2.24, 2.45) is 10.9 Å². The average molecular weight is 410 g/mol. The molecule has 0 saturated carbocycles. The van der Waals surface area contributed by atoms with E-state index in [4.69, 9.17) is 10.6 Å². The van der Waals surface area contributed by atoms with Crippen LogP contribution < -0.4 is 15.3 Å². The largest absolute Gasteiger partial charge is 0.493 e. The molecule has 150 valence electrons. The molecule has 29 heavy (non-hydrogen) atoms. The summed E-state index contributed by atoms with van der Waals surface area (Å²) in [5.74, 6) is 5.76. The molecule has 0 fully saturated rings. The predicted octanol–water partition coefficient (Wildman–Crippen LogP) is 3.71. The molecule has 0 amide bonds. The molecule has 7 heteroatoms. The summed E-state index contributed by atoms with van der Waals surface area (Å²) < 4.78 is 33.5. The molecule has 3 N–H and O–H groups in total. The molecule has 0 spiro atoms. The maximum atomic E-state index is 12.5. The zero-order valence-electron chi connectivity index (χ0n) is 16.1. The fourth-order valence-corrected chi connectivity index (χ4v) is 3.91. The Labute approximate surface area is 171 Å². The third-order valence-corrected chi connectivity index (χ3v) is 5.62. The molecular weight excluding hydrogens is 386 g/mol. The number of aryl methyl sites for hydroxylation is 1. The van der Waals surface area contributed by atoms with E-state index in [0.717, 1.165) is 23.1 Å². The normalized spacial score (nSPS) is 11.5. The monoisotopic (exact) mass is 409 g/mol. The van der Waals surface area contributed by atoms with E-state index in [9.17, 15) is 8.42 Å². The highest BCUT2D eigenvalue weighted by molar-refractivity contribution is 7.92. The Kier molecular flexibility index (Phi) is 6.51. The molecule has 3 aromatic rings. The van der Waals surface area contributed by atoms with Crippen LogP contribution in [0, 0.1) is 6.92 Å². The lowest BCUT2D eigenvalue weighted by molar-refractivity contribution is 0.322. The Morgan fingerprint density at radius 1 is 1.03 bits per heavy atom. The second-order valence-electron chi connectivity index (χ2n) is 6.57. The minimum Gasteiger partial charge on any atom is -0.493 e. The minimum atomic E-state index is -3.64. The van der Waals surface area contributed by atoms with E-state index in [1.165, 1.54) is 0 Å². The summed E-state index contributed by atoms with van der Waals surface area (Å²) in [6.07, 6.45) is 2.31. The summed E-state index contributed by atoms with van der Waals surface area (Å²) in [5, 5.41) is 3.50. The number of benzene rings is 3. The van der Waals surface area contributed by atoms with Crippen LogP contribution >= 0.6 is 0 Å². The Morgan fingerprint density at radius 2 is 1.76 bits per heavy atom. The zero-order valence-corrected chi connectivity index (χ0v) is 16.9. The lowest BCUT2D eigenvalue weighted by atomic mass is 10.1. The predicted molar refractivity (Wildman–Crippen MR) is 116 cm³/mol. The molecular formula is C22H23N3O3S. The van der Waals surface area contributed by atoms with E-state index in [2.05, 4.69) is 9.82 Å². The van der Waals surface area contributed by atoms with E-state index >= 15 is 0 Å². The van der Waals surface area contributed by atoms with E-state index < -0.39 is 10.0 Å². The molecule has 0 saturated heterocycles. The number of sulfonamides is 1. The van der Waals surface area contributed by atoms with Gasteiger partial charge in [-0.1, -0.05) is 42.5 Å². The fourth-order valence-electron chi connectivity index (χ4n) is 2.85. The number of nitrogens with two attached hydrogens (primary N) is 1. The fraction of sp³-hybridized carbons (Fsp3) is 0.136. The lowest BCUT2D eigenvalue weighted by Crippen LogP contribution is -2.13. The number of nitrogens with one attached hydrogen (secondary N) is 1. The van der Waals surface area contributed by atoms with Crippen LogP contribution in [0.3, 0.4) is 0 Å². The SMILES string of the molecule is Cc1cc(NS(=O)(=O)c2ccccc2)cc(OCCc2ccc(C=NN)cc2)c1. The first-order valence-corrected chi connectivity index (χ1v) is 10.6. The molecule has 3 aromatic carbocycles. The molecule has 0 aromatic heterocycles. The summed E-state index contributed by atoms with van der Waals surface area (Å²) in [4.78, 5) is 0.215. The standard InChI is InChI=1S/C22H23N3O3S/c1-17-13-20(25-29(26,27)22-5-3-2-4-6-22)15-21(14-17)28-12-11-18-7-9-19(10-8-18)16-24-23/h2-10,13-16,25H,11-12,23H2,1H3. The van der Waals surface area contributed by atoms with Gasteiger partial charge in [-0.2, -0.15) is 5.10 Å². The Hall–Kier alpha value is -3.32. The van der Waals surface area contributed by atoms with Crippen molar-refractivity contribution in [3.8, 4) is 5.75 Å². The molecule has 0 aliphatic heterocycles. The maximum Gasteiger partial charge on any atom is 0.261 e. The van der Waals surface area contributed by atoms with Crippen molar-refractivity contribution in [3.05, 3.63) is 89.5 Å². The molecule has 3 rings (SSSR count). The molecule has 0 bridgehead atoms. The quantitative estimate of drug-likeness (QED) is 0.337. The van der Waals surface area contributed by atoms with Gasteiger partial charge in [-0.05, 0) is 47.9 Å². The van der Waals surface area contributed by atoms with Gasteiger partial charge in [0, 0.05) is 12.5 Å². The highest BCUT2D eigenvalue weighted by atomic mass is 32.2.